The molecular weight excluding hydrogens is 168 g/mol. The fourth-order valence-electron chi connectivity index (χ4n) is 0.760. The Bertz CT molecular complexity index is 206. The molecule has 0 aliphatic carbocycles. The van der Waals surface area contributed by atoms with Gasteiger partial charge < -0.3 is 10.8 Å². The molecule has 0 radical (unpaired) electrons. The van der Waals surface area contributed by atoms with Crippen molar-refractivity contribution in [2.45, 2.75) is 26.2 Å². The van der Waals surface area contributed by atoms with Crippen LogP contribution in [0.5, 0.6) is 0 Å². The van der Waals surface area contributed by atoms with Gasteiger partial charge in [-0.1, -0.05) is 12.2 Å². The van der Waals surface area contributed by atoms with Gasteiger partial charge in [-0.25, -0.2) is 0 Å². The molecule has 0 aromatic heterocycles. The number of hydrogen-bond donors (Lipinski definition) is 2. The number of rotatable bonds is 6. The largest absolute Gasteiger partial charge is 0.481 e. The number of hydrogen-bond acceptors (Lipinski definition) is 2. The summed E-state index contributed by atoms with van der Waals surface area (Å²) < 4.78 is 0. The van der Waals surface area contributed by atoms with Crippen molar-refractivity contribution >= 4 is 11.8 Å². The molecule has 0 rings (SSSR count). The molecule has 0 aliphatic heterocycles. The Morgan fingerprint density at radius 1 is 1.54 bits per heavy atom. The molecule has 13 heavy (non-hydrogen) atoms. The van der Waals surface area contributed by atoms with Gasteiger partial charge in [0.2, 0.25) is 0 Å². The van der Waals surface area contributed by atoms with Gasteiger partial charge in [0.15, 0.2) is 0 Å². The Morgan fingerprint density at radius 2 is 2.23 bits per heavy atom. The normalized spacial score (nSPS) is 12.2. The van der Waals surface area contributed by atoms with Crippen molar-refractivity contribution in [2.24, 2.45) is 10.7 Å². The minimum atomic E-state index is -0.746. The standard InChI is InChI=1S/C9H16N2O2/c1-8(10)11-7-5-3-2-4-6-9(12)13/h3,5H,2,4,6-7H2,1H3,(H2,10,11)(H,12,13)/b5-3-. The summed E-state index contributed by atoms with van der Waals surface area (Å²) >= 11 is 0. The van der Waals surface area contributed by atoms with E-state index in [2.05, 4.69) is 4.99 Å². The quantitative estimate of drug-likeness (QED) is 0.281. The summed E-state index contributed by atoms with van der Waals surface area (Å²) in [6.45, 7) is 2.31. The molecule has 0 saturated heterocycles. The molecule has 0 bridgehead atoms. The van der Waals surface area contributed by atoms with Gasteiger partial charge in [-0.15, -0.1) is 0 Å². The number of amidine groups is 1. The highest BCUT2D eigenvalue weighted by Gasteiger charge is 1.92. The third-order valence-corrected chi connectivity index (χ3v) is 1.37. The van der Waals surface area contributed by atoms with E-state index in [1.54, 1.807) is 6.92 Å². The van der Waals surface area contributed by atoms with Gasteiger partial charge in [0.25, 0.3) is 0 Å². The van der Waals surface area contributed by atoms with E-state index in [1.165, 1.54) is 0 Å². The lowest BCUT2D eigenvalue weighted by Gasteiger charge is -1.90. The van der Waals surface area contributed by atoms with Gasteiger partial charge in [-0.2, -0.15) is 0 Å². The molecule has 0 aromatic carbocycles. The van der Waals surface area contributed by atoms with E-state index >= 15 is 0 Å². The zero-order valence-electron chi connectivity index (χ0n) is 7.86. The summed E-state index contributed by atoms with van der Waals surface area (Å²) in [5.41, 5.74) is 5.31. The molecular formula is C9H16N2O2. The molecule has 0 unspecified atom stereocenters. The molecule has 74 valence electrons. The minimum Gasteiger partial charge on any atom is -0.481 e. The van der Waals surface area contributed by atoms with Crippen molar-refractivity contribution in [3.8, 4) is 0 Å². The highest BCUT2D eigenvalue weighted by Crippen LogP contribution is 1.96. The van der Waals surface area contributed by atoms with Gasteiger partial charge in [0, 0.05) is 6.42 Å². The molecule has 0 atom stereocenters. The fraction of sp³-hybridized carbons (Fsp3) is 0.556. The number of unbranched alkanes of at least 4 members (excludes halogenated alkanes) is 1. The third kappa shape index (κ3) is 10.7. The SMILES string of the molecule is CC(N)=NC/C=C\CCCC(=O)O. The van der Waals surface area contributed by atoms with Crippen molar-refractivity contribution in [1.29, 1.82) is 0 Å². The zero-order chi connectivity index (χ0) is 10.1. The average Bonchev–Trinajstić information content (AvgIpc) is 2.01. The van der Waals surface area contributed by atoms with Gasteiger partial charge in [0.1, 0.15) is 0 Å². The van der Waals surface area contributed by atoms with Crippen LogP contribution in [0.15, 0.2) is 17.1 Å². The highest BCUT2D eigenvalue weighted by molar-refractivity contribution is 5.77. The fourth-order valence-corrected chi connectivity index (χ4v) is 0.760. The molecule has 3 N–H and O–H groups in total. The second-order valence-corrected chi connectivity index (χ2v) is 2.74. The van der Waals surface area contributed by atoms with Crippen LogP contribution in [0.2, 0.25) is 0 Å². The predicted octanol–water partition coefficient (Wildman–Crippen LogP) is 1.17. The van der Waals surface area contributed by atoms with E-state index < -0.39 is 5.97 Å². The van der Waals surface area contributed by atoms with Gasteiger partial charge >= 0.3 is 5.97 Å². The zero-order valence-corrected chi connectivity index (χ0v) is 7.86. The molecule has 0 fully saturated rings. The lowest BCUT2D eigenvalue weighted by molar-refractivity contribution is -0.137. The van der Waals surface area contributed by atoms with Crippen molar-refractivity contribution in [2.75, 3.05) is 6.54 Å². The summed E-state index contributed by atoms with van der Waals surface area (Å²) in [6, 6.07) is 0. The van der Waals surface area contributed by atoms with E-state index in [0.29, 0.717) is 18.8 Å². The Balaban J connectivity index is 3.32. The number of carbonyl (C=O) groups is 1. The highest BCUT2D eigenvalue weighted by atomic mass is 16.4. The van der Waals surface area contributed by atoms with Crippen molar-refractivity contribution in [1.82, 2.24) is 0 Å². The number of aliphatic imine (C=N–C) groups is 1. The van der Waals surface area contributed by atoms with Crippen LogP contribution in [0.1, 0.15) is 26.2 Å². The molecule has 4 heteroatoms. The Labute approximate surface area is 78.2 Å². The first-order valence-corrected chi connectivity index (χ1v) is 4.26. The van der Waals surface area contributed by atoms with Crippen LogP contribution in [0.25, 0.3) is 0 Å². The van der Waals surface area contributed by atoms with E-state index in [1.807, 2.05) is 12.2 Å². The Morgan fingerprint density at radius 3 is 2.77 bits per heavy atom. The predicted molar refractivity (Wildman–Crippen MR) is 52.8 cm³/mol. The van der Waals surface area contributed by atoms with Crippen LogP contribution in [0.4, 0.5) is 0 Å². The lowest BCUT2D eigenvalue weighted by atomic mass is 10.2. The van der Waals surface area contributed by atoms with Gasteiger partial charge in [0.05, 0.1) is 12.4 Å². The Kier molecular flexibility index (Phi) is 6.59. The first-order chi connectivity index (χ1) is 6.13. The van der Waals surface area contributed by atoms with E-state index in [-0.39, 0.29) is 6.42 Å². The summed E-state index contributed by atoms with van der Waals surface area (Å²) in [5, 5.41) is 8.33. The maximum Gasteiger partial charge on any atom is 0.303 e. The van der Waals surface area contributed by atoms with Crippen LogP contribution < -0.4 is 5.73 Å². The maximum absolute atomic E-state index is 10.1. The molecule has 0 heterocycles. The number of nitrogens with zero attached hydrogens (tertiary/aromatic N) is 1. The first kappa shape index (κ1) is 11.7. The van der Waals surface area contributed by atoms with Crippen molar-refractivity contribution in [3.05, 3.63) is 12.2 Å². The second-order valence-electron chi connectivity index (χ2n) is 2.74. The second kappa shape index (κ2) is 7.34. The van der Waals surface area contributed by atoms with Crippen LogP contribution in [-0.4, -0.2) is 23.5 Å². The van der Waals surface area contributed by atoms with E-state index in [9.17, 15) is 4.79 Å². The minimum absolute atomic E-state index is 0.226. The van der Waals surface area contributed by atoms with Crippen LogP contribution in [-0.2, 0) is 4.79 Å². The number of carboxylic acid groups (broad SMARTS) is 1. The van der Waals surface area contributed by atoms with E-state index in [0.717, 1.165) is 6.42 Å². The molecule has 0 spiro atoms. The molecule has 4 nitrogen and oxygen atoms in total. The maximum atomic E-state index is 10.1. The van der Waals surface area contributed by atoms with Crippen LogP contribution in [0, 0.1) is 0 Å². The molecule has 0 aliphatic rings. The molecule has 0 amide bonds. The van der Waals surface area contributed by atoms with Crippen LogP contribution in [0.3, 0.4) is 0 Å². The lowest BCUT2D eigenvalue weighted by Crippen LogP contribution is -2.05. The van der Waals surface area contributed by atoms with Gasteiger partial charge in [-0.3, -0.25) is 9.79 Å². The van der Waals surface area contributed by atoms with E-state index in [4.69, 9.17) is 10.8 Å². The van der Waals surface area contributed by atoms with Crippen molar-refractivity contribution in [3.63, 3.8) is 0 Å². The van der Waals surface area contributed by atoms with Crippen molar-refractivity contribution < 1.29 is 9.90 Å². The number of aliphatic carboxylic acids is 1. The average molecular weight is 184 g/mol. The topological polar surface area (TPSA) is 75.7 Å². The summed E-state index contributed by atoms with van der Waals surface area (Å²) in [4.78, 5) is 14.1. The smallest absolute Gasteiger partial charge is 0.303 e. The first-order valence-electron chi connectivity index (χ1n) is 4.26. The molecule has 0 saturated carbocycles. The number of allylic oxidation sites excluding steroid dienone is 1. The monoisotopic (exact) mass is 184 g/mol. The summed E-state index contributed by atoms with van der Waals surface area (Å²) in [7, 11) is 0. The number of carboxylic acids is 1. The third-order valence-electron chi connectivity index (χ3n) is 1.37. The molecule has 0 aromatic rings. The summed E-state index contributed by atoms with van der Waals surface area (Å²) in [5.74, 6) is -0.181. The Hall–Kier alpha value is -1.32. The summed E-state index contributed by atoms with van der Waals surface area (Å²) in [6.07, 6.45) is 5.50. The van der Waals surface area contributed by atoms with Gasteiger partial charge in [-0.05, 0) is 19.8 Å². The van der Waals surface area contributed by atoms with Crippen LogP contribution >= 0.6 is 0 Å². The number of nitrogens with two attached hydrogens (primary N) is 1.